The maximum absolute atomic E-state index is 12.0. The van der Waals surface area contributed by atoms with Crippen LogP contribution in [-0.2, 0) is 4.74 Å². The number of nitrogens with zero attached hydrogens (tertiary/aromatic N) is 3. The summed E-state index contributed by atoms with van der Waals surface area (Å²) in [6.45, 7) is 8.94. The molecule has 2 N–H and O–H groups in total. The van der Waals surface area contributed by atoms with Gasteiger partial charge in [-0.25, -0.2) is 14.8 Å². The number of likely N-dealkylation sites (N-methyl/N-ethyl adjacent to an activating group) is 1. The van der Waals surface area contributed by atoms with Crippen LogP contribution in [0.1, 0.15) is 27.2 Å². The summed E-state index contributed by atoms with van der Waals surface area (Å²) in [5.41, 5.74) is 5.54. The van der Waals surface area contributed by atoms with Crippen molar-refractivity contribution < 1.29 is 9.53 Å². The molecule has 2 heterocycles. The van der Waals surface area contributed by atoms with Crippen molar-refractivity contribution in [2.24, 2.45) is 5.73 Å². The van der Waals surface area contributed by atoms with Crippen molar-refractivity contribution in [3.05, 3.63) is 0 Å². The molecule has 110 valence electrons. The Kier molecular flexibility index (Phi) is 4.03. The van der Waals surface area contributed by atoms with Crippen LogP contribution < -0.4 is 5.73 Å². The Balaban J connectivity index is 1.88. The molecule has 19 heavy (non-hydrogen) atoms. The maximum Gasteiger partial charge on any atom is 0.410 e. The van der Waals surface area contributed by atoms with Crippen molar-refractivity contribution >= 4 is 6.09 Å². The highest BCUT2D eigenvalue weighted by atomic mass is 16.6. The minimum Gasteiger partial charge on any atom is -0.444 e. The molecule has 0 radical (unpaired) electrons. The minimum absolute atomic E-state index is 0.207. The number of likely N-dealkylation sites (tertiary alicyclic amines) is 1. The summed E-state index contributed by atoms with van der Waals surface area (Å²) in [4.78, 5) is 13.8. The van der Waals surface area contributed by atoms with E-state index >= 15 is 0 Å². The lowest BCUT2D eigenvalue weighted by Crippen LogP contribution is -2.44. The predicted molar refractivity (Wildman–Crippen MR) is 73.5 cm³/mol. The third kappa shape index (κ3) is 3.58. The average Bonchev–Trinajstić information content (AvgIpc) is 2.82. The Hall–Kier alpha value is -0.850. The van der Waals surface area contributed by atoms with Crippen molar-refractivity contribution in [1.29, 1.82) is 0 Å². The zero-order valence-electron chi connectivity index (χ0n) is 12.4. The molecule has 6 heteroatoms. The molecule has 0 aromatic heterocycles. The fourth-order valence-corrected chi connectivity index (χ4v) is 2.79. The van der Waals surface area contributed by atoms with Crippen LogP contribution in [0, 0.1) is 0 Å². The van der Waals surface area contributed by atoms with E-state index in [-0.39, 0.29) is 12.1 Å². The van der Waals surface area contributed by atoms with Gasteiger partial charge in [0, 0.05) is 45.3 Å². The second-order valence-electron chi connectivity index (χ2n) is 6.59. The highest BCUT2D eigenvalue weighted by Crippen LogP contribution is 2.22. The van der Waals surface area contributed by atoms with Crippen LogP contribution in [0.4, 0.5) is 4.79 Å². The number of nitrogens with two attached hydrogens (primary N) is 1. The molecule has 6 nitrogen and oxygen atoms in total. The summed E-state index contributed by atoms with van der Waals surface area (Å²) in [7, 11) is 2.06. The largest absolute Gasteiger partial charge is 0.444 e. The van der Waals surface area contributed by atoms with E-state index in [1.165, 1.54) is 0 Å². The first-order valence-corrected chi connectivity index (χ1v) is 6.97. The van der Waals surface area contributed by atoms with Crippen molar-refractivity contribution in [2.45, 2.75) is 44.9 Å². The number of ether oxygens (including phenoxy) is 1. The standard InChI is InChI=1S/C13H26N4O2/c1-13(2,3)19-12(18)16-6-5-11(9-16)17-8-10(14)7-15(17)4/h10-11H,5-9,14H2,1-4H3/t10?,11-/m0/s1. The Labute approximate surface area is 115 Å². The van der Waals surface area contributed by atoms with Gasteiger partial charge in [-0.1, -0.05) is 0 Å². The van der Waals surface area contributed by atoms with Crippen LogP contribution in [0.3, 0.4) is 0 Å². The minimum atomic E-state index is -0.429. The van der Waals surface area contributed by atoms with Gasteiger partial charge >= 0.3 is 6.09 Å². The normalized spacial score (nSPS) is 30.1. The van der Waals surface area contributed by atoms with Gasteiger partial charge in [0.05, 0.1) is 0 Å². The lowest BCUT2D eigenvalue weighted by molar-refractivity contribution is 0.00616. The third-order valence-electron chi connectivity index (χ3n) is 3.60. The molecular weight excluding hydrogens is 244 g/mol. The van der Waals surface area contributed by atoms with E-state index in [0.29, 0.717) is 6.04 Å². The highest BCUT2D eigenvalue weighted by molar-refractivity contribution is 5.68. The number of amides is 1. The molecule has 1 unspecified atom stereocenters. The number of hydrogen-bond acceptors (Lipinski definition) is 5. The average molecular weight is 270 g/mol. The van der Waals surface area contributed by atoms with Crippen LogP contribution >= 0.6 is 0 Å². The molecule has 1 amide bonds. The van der Waals surface area contributed by atoms with E-state index in [4.69, 9.17) is 10.5 Å². The molecule has 2 saturated heterocycles. The zero-order valence-corrected chi connectivity index (χ0v) is 12.4. The van der Waals surface area contributed by atoms with Crippen LogP contribution in [0.5, 0.6) is 0 Å². The predicted octanol–water partition coefficient (Wildman–Crippen LogP) is 0.486. The summed E-state index contributed by atoms with van der Waals surface area (Å²) < 4.78 is 5.41. The monoisotopic (exact) mass is 270 g/mol. The van der Waals surface area contributed by atoms with Crippen LogP contribution in [0.15, 0.2) is 0 Å². The fraction of sp³-hybridized carbons (Fsp3) is 0.923. The molecule has 0 aliphatic carbocycles. The van der Waals surface area contributed by atoms with E-state index in [9.17, 15) is 4.79 Å². The molecule has 2 aliphatic heterocycles. The van der Waals surface area contributed by atoms with Gasteiger partial charge in [-0.2, -0.15) is 0 Å². The van der Waals surface area contributed by atoms with Crippen LogP contribution in [0.2, 0.25) is 0 Å². The summed E-state index contributed by atoms with van der Waals surface area (Å²) >= 11 is 0. The van der Waals surface area contributed by atoms with Gasteiger partial charge in [-0.05, 0) is 27.2 Å². The Bertz CT molecular complexity index is 342. The second kappa shape index (κ2) is 5.26. The number of hydrazine groups is 1. The van der Waals surface area contributed by atoms with Gasteiger partial charge in [0.2, 0.25) is 0 Å². The molecule has 2 atom stereocenters. The summed E-state index contributed by atoms with van der Waals surface area (Å²) in [6, 6.07) is 0.576. The van der Waals surface area contributed by atoms with E-state index in [1.807, 2.05) is 20.8 Å². The van der Waals surface area contributed by atoms with E-state index in [2.05, 4.69) is 17.1 Å². The molecule has 0 saturated carbocycles. The van der Waals surface area contributed by atoms with Gasteiger partial charge in [0.1, 0.15) is 5.60 Å². The van der Waals surface area contributed by atoms with E-state index in [1.54, 1.807) is 4.90 Å². The van der Waals surface area contributed by atoms with Crippen LogP contribution in [-0.4, -0.2) is 71.9 Å². The zero-order chi connectivity index (χ0) is 14.2. The fourth-order valence-electron chi connectivity index (χ4n) is 2.79. The SMILES string of the molecule is CN1CC(N)CN1[C@H]1CCN(C(=O)OC(C)(C)C)C1. The van der Waals surface area contributed by atoms with Gasteiger partial charge < -0.3 is 15.4 Å². The molecule has 2 aliphatic rings. The highest BCUT2D eigenvalue weighted by Gasteiger charge is 2.37. The molecule has 2 fully saturated rings. The Morgan fingerprint density at radius 3 is 2.47 bits per heavy atom. The number of rotatable bonds is 1. The van der Waals surface area contributed by atoms with Crippen LogP contribution in [0.25, 0.3) is 0 Å². The smallest absolute Gasteiger partial charge is 0.410 e. The van der Waals surface area contributed by atoms with Crippen molar-refractivity contribution in [3.8, 4) is 0 Å². The van der Waals surface area contributed by atoms with E-state index < -0.39 is 5.60 Å². The summed E-state index contributed by atoms with van der Waals surface area (Å²) in [6.07, 6.45) is 0.775. The summed E-state index contributed by atoms with van der Waals surface area (Å²) in [5, 5.41) is 4.46. The second-order valence-corrected chi connectivity index (χ2v) is 6.59. The summed E-state index contributed by atoms with van der Waals surface area (Å²) in [5.74, 6) is 0. The maximum atomic E-state index is 12.0. The molecule has 0 spiro atoms. The Morgan fingerprint density at radius 2 is 1.95 bits per heavy atom. The first-order chi connectivity index (χ1) is 8.76. The lowest BCUT2D eigenvalue weighted by atomic mass is 10.2. The van der Waals surface area contributed by atoms with Crippen molar-refractivity contribution in [2.75, 3.05) is 33.2 Å². The van der Waals surface area contributed by atoms with Crippen molar-refractivity contribution in [3.63, 3.8) is 0 Å². The topological polar surface area (TPSA) is 62.0 Å². The van der Waals surface area contributed by atoms with E-state index in [0.717, 1.165) is 32.6 Å². The lowest BCUT2D eigenvalue weighted by Gasteiger charge is -2.30. The first kappa shape index (κ1) is 14.6. The molecule has 0 aromatic rings. The van der Waals surface area contributed by atoms with Crippen molar-refractivity contribution in [1.82, 2.24) is 14.9 Å². The molecule has 0 aromatic carbocycles. The Morgan fingerprint density at radius 1 is 1.26 bits per heavy atom. The van der Waals surface area contributed by atoms with Gasteiger partial charge in [-0.15, -0.1) is 0 Å². The molecule has 0 bridgehead atoms. The number of hydrogen-bond donors (Lipinski definition) is 1. The van der Waals surface area contributed by atoms with Gasteiger partial charge in [0.15, 0.2) is 0 Å². The molecular formula is C13H26N4O2. The van der Waals surface area contributed by atoms with Gasteiger partial charge in [0.25, 0.3) is 0 Å². The first-order valence-electron chi connectivity index (χ1n) is 6.97. The van der Waals surface area contributed by atoms with Gasteiger partial charge in [-0.3, -0.25) is 0 Å². The number of carbonyl (C=O) groups excluding carboxylic acids is 1. The molecule has 2 rings (SSSR count). The third-order valence-corrected chi connectivity index (χ3v) is 3.60. The quantitative estimate of drug-likeness (QED) is 0.751. The number of carbonyl (C=O) groups is 1.